The van der Waals surface area contributed by atoms with Gasteiger partial charge in [-0.05, 0) is 24.3 Å². The Morgan fingerprint density at radius 2 is 1.55 bits per heavy atom. The highest BCUT2D eigenvalue weighted by atomic mass is 79.9. The maximum Gasteiger partial charge on any atom is 0.221 e. The molecular weight excluding hydrogens is 320 g/mol. The van der Waals surface area contributed by atoms with Crippen molar-refractivity contribution in [2.24, 2.45) is 0 Å². The molecule has 98 valence electrons. The van der Waals surface area contributed by atoms with E-state index in [-0.39, 0.29) is 16.4 Å². The van der Waals surface area contributed by atoms with E-state index < -0.39 is 0 Å². The zero-order chi connectivity index (χ0) is 14.1. The summed E-state index contributed by atoms with van der Waals surface area (Å²) in [4.78, 5) is 24.1. The van der Waals surface area contributed by atoms with Crippen LogP contribution in [0.1, 0.15) is 0 Å². The molecule has 0 saturated heterocycles. The predicted octanol–water partition coefficient (Wildman–Crippen LogP) is 3.58. The average molecular weight is 329 g/mol. The quantitative estimate of drug-likeness (QED) is 0.685. The Bertz CT molecular complexity index is 896. The van der Waals surface area contributed by atoms with Gasteiger partial charge in [0, 0.05) is 16.1 Å². The lowest BCUT2D eigenvalue weighted by atomic mass is 10.1. The number of rotatable bonds is 1. The van der Waals surface area contributed by atoms with E-state index in [4.69, 9.17) is 4.42 Å². The highest BCUT2D eigenvalue weighted by molar-refractivity contribution is 9.10. The van der Waals surface area contributed by atoms with Gasteiger partial charge in [-0.25, -0.2) is 0 Å². The SMILES string of the molecule is O=c1cc(-c2ccc(Br)cc2)oc2c(=O)ccccc12. The van der Waals surface area contributed by atoms with Crippen molar-refractivity contribution >= 4 is 26.9 Å². The van der Waals surface area contributed by atoms with E-state index in [1.54, 1.807) is 18.2 Å². The molecule has 0 amide bonds. The minimum atomic E-state index is -0.305. The third kappa shape index (κ3) is 2.30. The van der Waals surface area contributed by atoms with Gasteiger partial charge in [-0.1, -0.05) is 40.2 Å². The fourth-order valence-corrected chi connectivity index (χ4v) is 2.24. The molecular formula is C16H9BrO3. The van der Waals surface area contributed by atoms with E-state index in [0.29, 0.717) is 11.1 Å². The Morgan fingerprint density at radius 3 is 2.30 bits per heavy atom. The molecule has 0 unspecified atom stereocenters. The van der Waals surface area contributed by atoms with Crippen molar-refractivity contribution in [3.8, 4) is 11.3 Å². The van der Waals surface area contributed by atoms with Crippen LogP contribution in [0.15, 0.2) is 73.1 Å². The zero-order valence-corrected chi connectivity index (χ0v) is 11.9. The Labute approximate surface area is 122 Å². The van der Waals surface area contributed by atoms with E-state index in [0.717, 1.165) is 10.0 Å². The molecule has 3 rings (SSSR count). The molecule has 0 aliphatic heterocycles. The second-order valence-electron chi connectivity index (χ2n) is 4.31. The van der Waals surface area contributed by atoms with Gasteiger partial charge in [0.05, 0.1) is 5.39 Å². The van der Waals surface area contributed by atoms with E-state index in [1.165, 1.54) is 12.1 Å². The Morgan fingerprint density at radius 1 is 0.850 bits per heavy atom. The van der Waals surface area contributed by atoms with Crippen LogP contribution in [0.4, 0.5) is 0 Å². The van der Waals surface area contributed by atoms with Crippen LogP contribution in [0.2, 0.25) is 0 Å². The molecule has 3 nitrogen and oxygen atoms in total. The van der Waals surface area contributed by atoms with Crippen molar-refractivity contribution < 1.29 is 4.42 Å². The molecule has 4 heteroatoms. The molecule has 2 aromatic carbocycles. The van der Waals surface area contributed by atoms with Gasteiger partial charge in [0.2, 0.25) is 5.43 Å². The van der Waals surface area contributed by atoms with Crippen LogP contribution in [0, 0.1) is 0 Å². The largest absolute Gasteiger partial charge is 0.452 e. The molecule has 0 radical (unpaired) electrons. The molecule has 20 heavy (non-hydrogen) atoms. The van der Waals surface area contributed by atoms with Crippen LogP contribution in [0.5, 0.6) is 0 Å². The Kier molecular flexibility index (Phi) is 3.24. The smallest absolute Gasteiger partial charge is 0.221 e. The van der Waals surface area contributed by atoms with Gasteiger partial charge in [0.15, 0.2) is 11.0 Å². The summed E-state index contributed by atoms with van der Waals surface area (Å²) in [5, 5.41) is 0.292. The van der Waals surface area contributed by atoms with Crippen molar-refractivity contribution in [3.63, 3.8) is 0 Å². The third-order valence-electron chi connectivity index (χ3n) is 2.96. The number of hydrogen-bond acceptors (Lipinski definition) is 3. The Balaban J connectivity index is 2.35. The van der Waals surface area contributed by atoms with E-state index in [2.05, 4.69) is 15.9 Å². The summed E-state index contributed by atoms with van der Waals surface area (Å²) in [5.74, 6) is 0.387. The fourth-order valence-electron chi connectivity index (χ4n) is 1.97. The molecule has 0 atom stereocenters. The summed E-state index contributed by atoms with van der Waals surface area (Å²) < 4.78 is 6.56. The molecule has 0 aliphatic carbocycles. The third-order valence-corrected chi connectivity index (χ3v) is 3.49. The molecule has 0 saturated carbocycles. The first-order chi connectivity index (χ1) is 9.65. The number of fused-ring (bicyclic) bond motifs is 1. The van der Waals surface area contributed by atoms with Crippen LogP contribution in [0.25, 0.3) is 22.3 Å². The first kappa shape index (κ1) is 12.8. The minimum Gasteiger partial charge on any atom is -0.452 e. The van der Waals surface area contributed by atoms with Gasteiger partial charge in [0.1, 0.15) is 5.76 Å². The second kappa shape index (κ2) is 5.06. The molecule has 1 aromatic heterocycles. The summed E-state index contributed by atoms with van der Waals surface area (Å²) in [7, 11) is 0. The highest BCUT2D eigenvalue weighted by Gasteiger charge is 2.08. The van der Waals surface area contributed by atoms with Crippen LogP contribution in [0.3, 0.4) is 0 Å². The van der Waals surface area contributed by atoms with Gasteiger partial charge in [0.25, 0.3) is 0 Å². The van der Waals surface area contributed by atoms with Gasteiger partial charge >= 0.3 is 0 Å². The van der Waals surface area contributed by atoms with E-state index in [1.807, 2.05) is 24.3 Å². The van der Waals surface area contributed by atoms with Gasteiger partial charge < -0.3 is 4.42 Å². The molecule has 0 aliphatic rings. The van der Waals surface area contributed by atoms with Crippen molar-refractivity contribution in [1.29, 1.82) is 0 Å². The maximum absolute atomic E-state index is 12.1. The second-order valence-corrected chi connectivity index (χ2v) is 5.22. The molecule has 1 heterocycles. The standard InChI is InChI=1S/C16H9BrO3/c17-11-7-5-10(6-8-11)15-9-14(19)12-3-1-2-4-13(18)16(12)20-15/h1-9H. The first-order valence-electron chi connectivity index (χ1n) is 5.98. The van der Waals surface area contributed by atoms with Crippen LogP contribution < -0.4 is 10.9 Å². The van der Waals surface area contributed by atoms with E-state index >= 15 is 0 Å². The average Bonchev–Trinajstić information content (AvgIpc) is 2.62. The van der Waals surface area contributed by atoms with Crippen molar-refractivity contribution in [1.82, 2.24) is 0 Å². The summed E-state index contributed by atoms with van der Waals surface area (Å²) in [6.07, 6.45) is 0. The van der Waals surface area contributed by atoms with Crippen LogP contribution in [-0.2, 0) is 0 Å². The van der Waals surface area contributed by atoms with Crippen LogP contribution in [-0.4, -0.2) is 0 Å². The zero-order valence-electron chi connectivity index (χ0n) is 10.3. The summed E-state index contributed by atoms with van der Waals surface area (Å²) in [5.41, 5.74) is 0.303. The Hall–Kier alpha value is -2.20. The molecule has 0 fully saturated rings. The molecule has 0 spiro atoms. The normalized spacial score (nSPS) is 10.7. The lowest BCUT2D eigenvalue weighted by Gasteiger charge is -2.01. The van der Waals surface area contributed by atoms with Crippen molar-refractivity contribution in [2.45, 2.75) is 0 Å². The maximum atomic E-state index is 12.1. The number of halogens is 1. The summed E-state index contributed by atoms with van der Waals surface area (Å²) in [6.45, 7) is 0. The lowest BCUT2D eigenvalue weighted by Crippen LogP contribution is -2.04. The van der Waals surface area contributed by atoms with Gasteiger partial charge in [-0.3, -0.25) is 9.59 Å². The highest BCUT2D eigenvalue weighted by Crippen LogP contribution is 2.22. The minimum absolute atomic E-state index is 0.0837. The number of benzene rings is 1. The fraction of sp³-hybridized carbons (Fsp3) is 0. The van der Waals surface area contributed by atoms with Gasteiger partial charge in [-0.15, -0.1) is 0 Å². The molecule has 3 aromatic rings. The van der Waals surface area contributed by atoms with Crippen molar-refractivity contribution in [3.05, 3.63) is 79.5 Å². The van der Waals surface area contributed by atoms with Crippen molar-refractivity contribution in [2.75, 3.05) is 0 Å². The molecule has 0 N–H and O–H groups in total. The lowest BCUT2D eigenvalue weighted by molar-refractivity contribution is 0.616. The summed E-state index contributed by atoms with van der Waals surface area (Å²) >= 11 is 3.35. The summed E-state index contributed by atoms with van der Waals surface area (Å²) in [6, 6.07) is 15.0. The first-order valence-corrected chi connectivity index (χ1v) is 6.77. The monoisotopic (exact) mass is 328 g/mol. The van der Waals surface area contributed by atoms with E-state index in [9.17, 15) is 9.59 Å². The molecule has 0 bridgehead atoms. The topological polar surface area (TPSA) is 47.3 Å². The predicted molar refractivity (Wildman–Crippen MR) is 81.9 cm³/mol. The number of hydrogen-bond donors (Lipinski definition) is 0. The van der Waals surface area contributed by atoms with Crippen LogP contribution >= 0.6 is 15.9 Å². The van der Waals surface area contributed by atoms with Gasteiger partial charge in [-0.2, -0.15) is 0 Å².